The predicted octanol–water partition coefficient (Wildman–Crippen LogP) is 5.84. The van der Waals surface area contributed by atoms with Gasteiger partial charge >= 0.3 is 0 Å². The second-order valence-corrected chi connectivity index (χ2v) is 8.94. The molecule has 1 fully saturated rings. The molecular weight excluding hydrogens is 460 g/mol. The summed E-state index contributed by atoms with van der Waals surface area (Å²) in [6.45, 7) is 1.62. The zero-order valence-corrected chi connectivity index (χ0v) is 19.8. The minimum atomic E-state index is -0.291. The van der Waals surface area contributed by atoms with Crippen LogP contribution < -0.4 is 9.47 Å². The van der Waals surface area contributed by atoms with Gasteiger partial charge in [0.15, 0.2) is 0 Å². The number of carbonyl (C=O) groups is 2. The van der Waals surface area contributed by atoms with Crippen LogP contribution in [0, 0.1) is 0 Å². The van der Waals surface area contributed by atoms with Gasteiger partial charge in [-0.25, -0.2) is 0 Å². The van der Waals surface area contributed by atoms with E-state index in [1.807, 2.05) is 91.1 Å². The molecule has 1 saturated heterocycles. The summed E-state index contributed by atoms with van der Waals surface area (Å²) in [4.78, 5) is 27.1. The Morgan fingerprint density at radius 3 is 2.03 bits per heavy atom. The van der Waals surface area contributed by atoms with Gasteiger partial charge in [-0.2, -0.15) is 0 Å². The minimum absolute atomic E-state index is 0.204. The highest BCUT2D eigenvalue weighted by atomic mass is 32.2. The molecule has 0 saturated carbocycles. The van der Waals surface area contributed by atoms with Gasteiger partial charge in [-0.3, -0.25) is 14.5 Å². The lowest BCUT2D eigenvalue weighted by Gasteiger charge is -2.13. The van der Waals surface area contributed by atoms with Gasteiger partial charge in [0.2, 0.25) is 0 Å². The Morgan fingerprint density at radius 1 is 0.743 bits per heavy atom. The van der Waals surface area contributed by atoms with Crippen LogP contribution in [0.15, 0.2) is 96.0 Å². The smallest absolute Gasteiger partial charge is 0.293 e. The lowest BCUT2D eigenvalue weighted by molar-refractivity contribution is -0.123. The van der Waals surface area contributed by atoms with Gasteiger partial charge < -0.3 is 14.0 Å². The van der Waals surface area contributed by atoms with Gasteiger partial charge in [0, 0.05) is 22.7 Å². The van der Waals surface area contributed by atoms with Gasteiger partial charge in [-0.05, 0) is 48.2 Å². The van der Waals surface area contributed by atoms with Crippen LogP contribution in [-0.2, 0) is 11.3 Å². The van der Waals surface area contributed by atoms with Crippen molar-refractivity contribution in [2.45, 2.75) is 6.54 Å². The number of fused-ring (bicyclic) bond motifs is 1. The van der Waals surface area contributed by atoms with Gasteiger partial charge in [0.05, 0.1) is 18.0 Å². The fourth-order valence-corrected chi connectivity index (χ4v) is 4.82. The van der Waals surface area contributed by atoms with Crippen molar-refractivity contribution in [3.8, 4) is 11.5 Å². The second kappa shape index (κ2) is 10.5. The molecule has 2 amide bonds. The fraction of sp³-hybridized carbons (Fsp3) is 0.143. The van der Waals surface area contributed by atoms with Crippen LogP contribution in [0.25, 0.3) is 17.0 Å². The van der Waals surface area contributed by atoms with E-state index in [0.717, 1.165) is 34.0 Å². The van der Waals surface area contributed by atoms with E-state index in [0.29, 0.717) is 23.8 Å². The van der Waals surface area contributed by atoms with Gasteiger partial charge in [-0.1, -0.05) is 54.6 Å². The van der Waals surface area contributed by atoms with E-state index in [1.54, 1.807) is 6.08 Å². The Morgan fingerprint density at radius 2 is 1.34 bits per heavy atom. The first-order valence-corrected chi connectivity index (χ1v) is 12.2. The van der Waals surface area contributed by atoms with Crippen molar-refractivity contribution in [2.75, 3.05) is 19.8 Å². The van der Waals surface area contributed by atoms with Crippen molar-refractivity contribution in [1.29, 1.82) is 0 Å². The largest absolute Gasteiger partial charge is 0.492 e. The third-order valence-corrected chi connectivity index (χ3v) is 6.56. The molecule has 0 spiro atoms. The van der Waals surface area contributed by atoms with E-state index in [1.165, 1.54) is 4.90 Å². The Kier molecular flexibility index (Phi) is 6.86. The standard InChI is InChI=1S/C28H24N2O4S/c31-27-26(35-28(32)30(27)16-18-34-23-11-5-2-6-12-23)19-21-20-29(25-14-8-7-13-24(21)25)15-17-33-22-9-3-1-4-10-22/h1-14,19-20H,15-18H2/b26-19-. The summed E-state index contributed by atoms with van der Waals surface area (Å²) in [6.07, 6.45) is 3.81. The van der Waals surface area contributed by atoms with Crippen LogP contribution in [0.1, 0.15) is 5.56 Å². The third kappa shape index (κ3) is 5.25. The molecule has 0 unspecified atom stereocenters. The lowest BCUT2D eigenvalue weighted by Crippen LogP contribution is -2.32. The van der Waals surface area contributed by atoms with Crippen molar-refractivity contribution >= 4 is 39.9 Å². The fourth-order valence-electron chi connectivity index (χ4n) is 3.96. The van der Waals surface area contributed by atoms with E-state index in [9.17, 15) is 9.59 Å². The summed E-state index contributed by atoms with van der Waals surface area (Å²) in [6, 6.07) is 27.1. The minimum Gasteiger partial charge on any atom is -0.492 e. The highest BCUT2D eigenvalue weighted by molar-refractivity contribution is 8.18. The van der Waals surface area contributed by atoms with E-state index in [2.05, 4.69) is 4.57 Å². The Hall–Kier alpha value is -3.97. The zero-order valence-electron chi connectivity index (χ0n) is 19.0. The van der Waals surface area contributed by atoms with E-state index < -0.39 is 0 Å². The van der Waals surface area contributed by atoms with E-state index >= 15 is 0 Å². The molecule has 0 bridgehead atoms. The molecule has 1 aliphatic heterocycles. The number of benzene rings is 3. The third-order valence-electron chi connectivity index (χ3n) is 5.65. The molecule has 0 N–H and O–H groups in total. The summed E-state index contributed by atoms with van der Waals surface area (Å²) in [5.74, 6) is 1.24. The quantitative estimate of drug-likeness (QED) is 0.280. The molecule has 1 aliphatic rings. The first-order chi connectivity index (χ1) is 17.2. The Labute approximate surface area is 207 Å². The van der Waals surface area contributed by atoms with Crippen LogP contribution in [-0.4, -0.2) is 40.4 Å². The molecule has 7 heteroatoms. The molecule has 35 heavy (non-hydrogen) atoms. The van der Waals surface area contributed by atoms with Crippen LogP contribution in [0.5, 0.6) is 11.5 Å². The molecular formula is C28H24N2O4S. The summed E-state index contributed by atoms with van der Waals surface area (Å²) in [5, 5.41) is 0.740. The van der Waals surface area contributed by atoms with Gasteiger partial charge in [0.25, 0.3) is 11.1 Å². The van der Waals surface area contributed by atoms with Crippen molar-refractivity contribution in [3.63, 3.8) is 0 Å². The number of carbonyl (C=O) groups excluding carboxylic acids is 2. The molecule has 2 heterocycles. The van der Waals surface area contributed by atoms with Crippen molar-refractivity contribution in [1.82, 2.24) is 9.47 Å². The van der Waals surface area contributed by atoms with Crippen LogP contribution in [0.2, 0.25) is 0 Å². The SMILES string of the molecule is O=C1S/C(=C\c2cn(CCOc3ccccc3)c3ccccc23)C(=O)N1CCOc1ccccc1. The molecule has 1 aromatic heterocycles. The first kappa shape index (κ1) is 22.8. The van der Waals surface area contributed by atoms with Crippen molar-refractivity contribution in [3.05, 3.63) is 102 Å². The summed E-state index contributed by atoms with van der Waals surface area (Å²) < 4.78 is 13.6. The number of ether oxygens (including phenoxy) is 2. The maximum atomic E-state index is 13.0. The number of imide groups is 1. The average molecular weight is 485 g/mol. The number of nitrogens with zero attached hydrogens (tertiary/aromatic N) is 2. The summed E-state index contributed by atoms with van der Waals surface area (Å²) in [7, 11) is 0. The highest BCUT2D eigenvalue weighted by Gasteiger charge is 2.35. The first-order valence-electron chi connectivity index (χ1n) is 11.4. The number of aromatic nitrogens is 1. The van der Waals surface area contributed by atoms with E-state index in [4.69, 9.17) is 9.47 Å². The van der Waals surface area contributed by atoms with Crippen LogP contribution >= 0.6 is 11.8 Å². The van der Waals surface area contributed by atoms with Gasteiger partial charge in [0.1, 0.15) is 24.7 Å². The summed E-state index contributed by atoms with van der Waals surface area (Å²) >= 11 is 0.965. The summed E-state index contributed by atoms with van der Waals surface area (Å²) in [5.41, 5.74) is 1.94. The average Bonchev–Trinajstić information content (AvgIpc) is 3.37. The van der Waals surface area contributed by atoms with Crippen LogP contribution in [0.3, 0.4) is 0 Å². The second-order valence-electron chi connectivity index (χ2n) is 7.95. The molecule has 0 radical (unpaired) electrons. The Bertz CT molecular complexity index is 1370. The molecule has 0 aliphatic carbocycles. The molecule has 0 atom stereocenters. The number of thioether (sulfide) groups is 1. The number of hydrogen-bond donors (Lipinski definition) is 0. The maximum Gasteiger partial charge on any atom is 0.293 e. The predicted molar refractivity (Wildman–Crippen MR) is 138 cm³/mol. The normalized spacial score (nSPS) is 14.7. The number of rotatable bonds is 9. The van der Waals surface area contributed by atoms with E-state index in [-0.39, 0.29) is 24.3 Å². The molecule has 6 nitrogen and oxygen atoms in total. The lowest BCUT2D eigenvalue weighted by atomic mass is 10.1. The van der Waals surface area contributed by atoms with Crippen LogP contribution in [0.4, 0.5) is 4.79 Å². The monoisotopic (exact) mass is 484 g/mol. The van der Waals surface area contributed by atoms with Crippen molar-refractivity contribution < 1.29 is 19.1 Å². The van der Waals surface area contributed by atoms with Crippen molar-refractivity contribution in [2.24, 2.45) is 0 Å². The van der Waals surface area contributed by atoms with Gasteiger partial charge in [-0.15, -0.1) is 0 Å². The highest BCUT2D eigenvalue weighted by Crippen LogP contribution is 2.34. The Balaban J connectivity index is 1.29. The topological polar surface area (TPSA) is 60.8 Å². The maximum absolute atomic E-state index is 13.0. The zero-order chi connectivity index (χ0) is 24.0. The molecule has 4 aromatic rings. The molecule has 3 aromatic carbocycles. The molecule has 176 valence electrons. The molecule has 5 rings (SSSR count). The number of hydrogen-bond acceptors (Lipinski definition) is 5. The number of amides is 2. The number of para-hydroxylation sites is 3.